The van der Waals surface area contributed by atoms with Crippen molar-refractivity contribution in [1.82, 2.24) is 25.0 Å². The zero-order chi connectivity index (χ0) is 17.4. The Morgan fingerprint density at radius 2 is 2.00 bits per heavy atom. The molecule has 25 heavy (non-hydrogen) atoms. The fourth-order valence-electron chi connectivity index (χ4n) is 2.43. The molecule has 10 heteroatoms. The third kappa shape index (κ3) is 3.25. The zero-order valence-corrected chi connectivity index (χ0v) is 14.1. The minimum atomic E-state index is -0.448. The van der Waals surface area contributed by atoms with Crippen LogP contribution in [-0.2, 0) is 12.8 Å². The lowest BCUT2D eigenvalue weighted by atomic mass is 10.2. The summed E-state index contributed by atoms with van der Waals surface area (Å²) in [7, 11) is 1.96. The predicted octanol–water partition coefficient (Wildman–Crippen LogP) is 2.94. The van der Waals surface area contributed by atoms with Gasteiger partial charge in [-0.2, -0.15) is 0 Å². The van der Waals surface area contributed by atoms with Crippen molar-refractivity contribution in [2.24, 2.45) is 7.05 Å². The minimum Gasteiger partial charge on any atom is -0.420 e. The number of hydrogen-bond acceptors (Lipinski definition) is 8. The van der Waals surface area contributed by atoms with E-state index in [2.05, 4.69) is 20.4 Å². The summed E-state index contributed by atoms with van der Waals surface area (Å²) in [6.45, 7) is 0. The average Bonchev–Trinajstić information content (AvgIpc) is 3.23. The highest BCUT2D eigenvalue weighted by molar-refractivity contribution is 7.98. The van der Waals surface area contributed by atoms with Gasteiger partial charge in [0.25, 0.3) is 5.69 Å². The lowest BCUT2D eigenvalue weighted by Crippen LogP contribution is -1.97. The molecular formula is C15H14N6O3S. The highest BCUT2D eigenvalue weighted by atomic mass is 32.2. The molecule has 1 aliphatic carbocycles. The van der Waals surface area contributed by atoms with Crippen LogP contribution in [0.4, 0.5) is 5.69 Å². The van der Waals surface area contributed by atoms with Crippen LogP contribution < -0.4 is 0 Å². The van der Waals surface area contributed by atoms with E-state index in [-0.39, 0.29) is 5.69 Å². The van der Waals surface area contributed by atoms with Gasteiger partial charge in [0.1, 0.15) is 5.82 Å². The van der Waals surface area contributed by atoms with Gasteiger partial charge in [0.05, 0.1) is 10.7 Å². The molecule has 4 rings (SSSR count). The van der Waals surface area contributed by atoms with Gasteiger partial charge in [-0.3, -0.25) is 10.1 Å². The minimum absolute atomic E-state index is 0.0211. The lowest BCUT2D eigenvalue weighted by Gasteiger charge is -2.00. The predicted molar refractivity (Wildman–Crippen MR) is 88.9 cm³/mol. The first-order valence-corrected chi connectivity index (χ1v) is 8.69. The molecule has 0 radical (unpaired) electrons. The highest BCUT2D eigenvalue weighted by Gasteiger charge is 2.29. The third-order valence-corrected chi connectivity index (χ3v) is 4.93. The van der Waals surface area contributed by atoms with Crippen molar-refractivity contribution >= 4 is 17.4 Å². The van der Waals surface area contributed by atoms with E-state index in [1.54, 1.807) is 12.1 Å². The second-order valence-electron chi connectivity index (χ2n) is 5.77. The molecule has 1 aliphatic rings. The van der Waals surface area contributed by atoms with E-state index in [9.17, 15) is 10.1 Å². The van der Waals surface area contributed by atoms with Crippen molar-refractivity contribution in [2.75, 3.05) is 0 Å². The molecular weight excluding hydrogens is 344 g/mol. The number of thioether (sulfide) groups is 1. The Bertz CT molecular complexity index is 916. The Hall–Kier alpha value is -2.75. The summed E-state index contributed by atoms with van der Waals surface area (Å²) < 4.78 is 7.64. The van der Waals surface area contributed by atoms with Crippen LogP contribution in [0.25, 0.3) is 11.5 Å². The average molecular weight is 358 g/mol. The van der Waals surface area contributed by atoms with Gasteiger partial charge in [0.15, 0.2) is 5.16 Å². The SMILES string of the molecule is Cn1c(SCc2nnc(-c3ccc([N+](=O)[O-])cc3)o2)nnc1C1CC1. The first-order valence-electron chi connectivity index (χ1n) is 7.71. The number of nitrogens with zero attached hydrogens (tertiary/aromatic N) is 6. The fourth-order valence-corrected chi connectivity index (χ4v) is 3.18. The number of nitro groups is 1. The van der Waals surface area contributed by atoms with Gasteiger partial charge < -0.3 is 8.98 Å². The normalized spacial score (nSPS) is 14.0. The van der Waals surface area contributed by atoms with E-state index in [0.717, 1.165) is 11.0 Å². The summed E-state index contributed by atoms with van der Waals surface area (Å²) in [5.74, 6) is 2.86. The molecule has 2 heterocycles. The van der Waals surface area contributed by atoms with Crippen molar-refractivity contribution in [1.29, 1.82) is 0 Å². The van der Waals surface area contributed by atoms with Gasteiger partial charge in [-0.15, -0.1) is 20.4 Å². The summed E-state index contributed by atoms with van der Waals surface area (Å²) in [5.41, 5.74) is 0.664. The fraction of sp³-hybridized carbons (Fsp3) is 0.333. The van der Waals surface area contributed by atoms with Crippen molar-refractivity contribution in [3.8, 4) is 11.5 Å². The van der Waals surface area contributed by atoms with Crippen LogP contribution in [0.15, 0.2) is 33.8 Å². The monoisotopic (exact) mass is 358 g/mol. The van der Waals surface area contributed by atoms with Gasteiger partial charge in [-0.1, -0.05) is 11.8 Å². The van der Waals surface area contributed by atoms with Crippen LogP contribution >= 0.6 is 11.8 Å². The quantitative estimate of drug-likeness (QED) is 0.375. The topological polar surface area (TPSA) is 113 Å². The largest absolute Gasteiger partial charge is 0.420 e. The molecule has 0 spiro atoms. The van der Waals surface area contributed by atoms with Crippen molar-refractivity contribution < 1.29 is 9.34 Å². The molecule has 3 aromatic rings. The van der Waals surface area contributed by atoms with E-state index < -0.39 is 4.92 Å². The molecule has 0 atom stereocenters. The lowest BCUT2D eigenvalue weighted by molar-refractivity contribution is -0.384. The molecule has 1 saturated carbocycles. The Kier molecular flexibility index (Phi) is 3.96. The van der Waals surface area contributed by atoms with Crippen molar-refractivity contribution in [3.63, 3.8) is 0 Å². The molecule has 0 bridgehead atoms. The molecule has 0 amide bonds. The maximum absolute atomic E-state index is 10.7. The van der Waals surface area contributed by atoms with Gasteiger partial charge >= 0.3 is 0 Å². The van der Waals surface area contributed by atoms with E-state index in [1.807, 2.05) is 11.6 Å². The van der Waals surface area contributed by atoms with Crippen LogP contribution in [0, 0.1) is 10.1 Å². The van der Waals surface area contributed by atoms with Gasteiger partial charge in [0, 0.05) is 30.7 Å². The smallest absolute Gasteiger partial charge is 0.269 e. The summed E-state index contributed by atoms with van der Waals surface area (Å²) >= 11 is 1.48. The summed E-state index contributed by atoms with van der Waals surface area (Å²) in [6.07, 6.45) is 2.36. The number of nitro benzene ring substituents is 1. The van der Waals surface area contributed by atoms with Gasteiger partial charge in [0.2, 0.25) is 11.8 Å². The Labute approximate surface area is 146 Å². The molecule has 0 aliphatic heterocycles. The molecule has 0 saturated heterocycles. The van der Waals surface area contributed by atoms with Crippen molar-refractivity contribution in [2.45, 2.75) is 29.7 Å². The van der Waals surface area contributed by atoms with Crippen LogP contribution in [0.5, 0.6) is 0 Å². The molecule has 2 aromatic heterocycles. The van der Waals surface area contributed by atoms with Crippen LogP contribution in [0.1, 0.15) is 30.5 Å². The van der Waals surface area contributed by atoms with Gasteiger partial charge in [-0.25, -0.2) is 0 Å². The standard InChI is InChI=1S/C15H14N6O3S/c1-20-13(9-2-3-9)17-19-15(20)25-8-12-16-18-14(24-12)10-4-6-11(7-5-10)21(22)23/h4-7,9H,2-3,8H2,1H3. The van der Waals surface area contributed by atoms with Crippen LogP contribution in [0.2, 0.25) is 0 Å². The van der Waals surface area contributed by atoms with Crippen LogP contribution in [0.3, 0.4) is 0 Å². The van der Waals surface area contributed by atoms with Gasteiger partial charge in [-0.05, 0) is 25.0 Å². The summed E-state index contributed by atoms with van der Waals surface area (Å²) in [4.78, 5) is 10.2. The van der Waals surface area contributed by atoms with E-state index >= 15 is 0 Å². The highest BCUT2D eigenvalue weighted by Crippen LogP contribution is 2.39. The number of aromatic nitrogens is 5. The number of hydrogen-bond donors (Lipinski definition) is 0. The van der Waals surface area contributed by atoms with Crippen LogP contribution in [-0.4, -0.2) is 29.9 Å². The van der Waals surface area contributed by atoms with E-state index in [1.165, 1.54) is 36.7 Å². The number of non-ortho nitro benzene ring substituents is 1. The van der Waals surface area contributed by atoms with Crippen molar-refractivity contribution in [3.05, 3.63) is 46.1 Å². The first-order chi connectivity index (χ1) is 12.1. The maximum Gasteiger partial charge on any atom is 0.269 e. The Balaban J connectivity index is 1.43. The summed E-state index contributed by atoms with van der Waals surface area (Å²) in [6, 6.07) is 6.00. The third-order valence-electron chi connectivity index (χ3n) is 3.93. The molecule has 1 fully saturated rings. The maximum atomic E-state index is 10.7. The number of benzene rings is 1. The zero-order valence-electron chi connectivity index (χ0n) is 13.3. The molecule has 0 N–H and O–H groups in total. The number of rotatable bonds is 6. The first kappa shape index (κ1) is 15.8. The second-order valence-corrected chi connectivity index (χ2v) is 6.71. The Morgan fingerprint density at radius 1 is 1.24 bits per heavy atom. The Morgan fingerprint density at radius 3 is 2.68 bits per heavy atom. The molecule has 9 nitrogen and oxygen atoms in total. The summed E-state index contributed by atoms with van der Waals surface area (Å²) in [5, 5.41) is 28.0. The molecule has 1 aromatic carbocycles. The van der Waals surface area contributed by atoms with E-state index in [0.29, 0.717) is 29.0 Å². The molecule has 128 valence electrons. The van der Waals surface area contributed by atoms with E-state index in [4.69, 9.17) is 4.42 Å². The molecule has 0 unspecified atom stereocenters. The second kappa shape index (κ2) is 6.28.